The lowest BCUT2D eigenvalue weighted by molar-refractivity contribution is -0.154. The molecule has 2 bridgehead atoms. The lowest BCUT2D eigenvalue weighted by Crippen LogP contribution is -2.38. The Labute approximate surface area is 127 Å². The topological polar surface area (TPSA) is 35.5 Å². The number of esters is 1. The van der Waals surface area contributed by atoms with E-state index >= 15 is 0 Å². The Morgan fingerprint density at radius 2 is 2.10 bits per heavy atom. The summed E-state index contributed by atoms with van der Waals surface area (Å²) >= 11 is 0. The Morgan fingerprint density at radius 3 is 2.71 bits per heavy atom. The van der Waals surface area contributed by atoms with Crippen LogP contribution in [0.2, 0.25) is 0 Å². The van der Waals surface area contributed by atoms with Crippen LogP contribution in [0.25, 0.3) is 0 Å². The van der Waals surface area contributed by atoms with Gasteiger partial charge in [0.2, 0.25) is 0 Å². The first-order valence-electron chi connectivity index (χ1n) is 7.65. The van der Waals surface area contributed by atoms with Crippen LogP contribution in [0.1, 0.15) is 32.3 Å². The van der Waals surface area contributed by atoms with Crippen LogP contribution >= 0.6 is 0 Å². The SMILES string of the molecule is [B][C@@H]1O[C@@]2(CC(=O)OCc3ccccc3)C[C@@H](C)[C@H]1C2C. The fourth-order valence-electron chi connectivity index (χ4n) is 4.13. The lowest BCUT2D eigenvalue weighted by atomic mass is 9.78. The first kappa shape index (κ1) is 14.6. The van der Waals surface area contributed by atoms with Gasteiger partial charge < -0.3 is 9.47 Å². The minimum atomic E-state index is -0.419. The van der Waals surface area contributed by atoms with Crippen LogP contribution in [0.3, 0.4) is 0 Å². The van der Waals surface area contributed by atoms with Gasteiger partial charge in [-0.25, -0.2) is 0 Å². The van der Waals surface area contributed by atoms with Crippen LogP contribution in [0, 0.1) is 17.8 Å². The Kier molecular flexibility index (Phi) is 3.83. The molecule has 1 unspecified atom stereocenters. The van der Waals surface area contributed by atoms with Gasteiger partial charge in [0.1, 0.15) is 14.5 Å². The van der Waals surface area contributed by atoms with Crippen LogP contribution < -0.4 is 0 Å². The fraction of sp³-hybridized carbons (Fsp3) is 0.588. The quantitative estimate of drug-likeness (QED) is 0.630. The van der Waals surface area contributed by atoms with Gasteiger partial charge in [-0.05, 0) is 29.7 Å². The normalized spacial score (nSPS) is 37.6. The maximum Gasteiger partial charge on any atom is 0.309 e. The molecule has 21 heavy (non-hydrogen) atoms. The summed E-state index contributed by atoms with van der Waals surface area (Å²) in [5.41, 5.74) is 0.579. The molecule has 1 aromatic rings. The van der Waals surface area contributed by atoms with E-state index in [-0.39, 0.29) is 12.0 Å². The Morgan fingerprint density at radius 1 is 1.38 bits per heavy atom. The monoisotopic (exact) mass is 284 g/mol. The summed E-state index contributed by atoms with van der Waals surface area (Å²) in [7, 11) is 6.05. The van der Waals surface area contributed by atoms with Crippen molar-refractivity contribution in [1.29, 1.82) is 0 Å². The van der Waals surface area contributed by atoms with E-state index in [4.69, 9.17) is 17.3 Å². The van der Waals surface area contributed by atoms with Gasteiger partial charge in [-0.3, -0.25) is 4.79 Å². The number of ether oxygens (including phenoxy) is 2. The number of hydrogen-bond acceptors (Lipinski definition) is 3. The van der Waals surface area contributed by atoms with Crippen molar-refractivity contribution in [1.82, 2.24) is 0 Å². The van der Waals surface area contributed by atoms with E-state index in [0.29, 0.717) is 30.8 Å². The smallest absolute Gasteiger partial charge is 0.309 e. The number of rotatable bonds is 4. The number of fused-ring (bicyclic) bond motifs is 2. The molecular formula is C17H21BO3. The molecule has 110 valence electrons. The van der Waals surface area contributed by atoms with Crippen molar-refractivity contribution in [3.05, 3.63) is 35.9 Å². The molecule has 5 atom stereocenters. The highest BCUT2D eigenvalue weighted by molar-refractivity contribution is 6.11. The van der Waals surface area contributed by atoms with Crippen LogP contribution in [-0.4, -0.2) is 25.4 Å². The van der Waals surface area contributed by atoms with E-state index in [1.165, 1.54) is 0 Å². The van der Waals surface area contributed by atoms with Crippen molar-refractivity contribution < 1.29 is 14.3 Å². The predicted octanol–water partition coefficient (Wildman–Crippen LogP) is 2.68. The molecule has 1 heterocycles. The molecule has 0 spiro atoms. The molecule has 0 amide bonds. The van der Waals surface area contributed by atoms with Crippen molar-refractivity contribution in [3.8, 4) is 0 Å². The molecule has 3 rings (SSSR count). The summed E-state index contributed by atoms with van der Waals surface area (Å²) in [6.45, 7) is 4.65. The second-order valence-corrected chi connectivity index (χ2v) is 6.52. The number of carbonyl (C=O) groups excluding carboxylic acids is 1. The molecule has 0 N–H and O–H groups in total. The summed E-state index contributed by atoms with van der Waals surface area (Å²) in [4.78, 5) is 12.2. The van der Waals surface area contributed by atoms with E-state index in [9.17, 15) is 4.79 Å². The Hall–Kier alpha value is -1.29. The third kappa shape index (κ3) is 2.62. The lowest BCUT2D eigenvalue weighted by Gasteiger charge is -2.32. The van der Waals surface area contributed by atoms with Gasteiger partial charge in [0, 0.05) is 6.00 Å². The third-order valence-corrected chi connectivity index (χ3v) is 5.17. The molecule has 1 saturated heterocycles. The zero-order valence-corrected chi connectivity index (χ0v) is 12.6. The van der Waals surface area contributed by atoms with Gasteiger partial charge >= 0.3 is 5.97 Å². The second-order valence-electron chi connectivity index (χ2n) is 6.52. The minimum Gasteiger partial charge on any atom is -0.461 e. The highest BCUT2D eigenvalue weighted by Gasteiger charge is 2.59. The van der Waals surface area contributed by atoms with Crippen molar-refractivity contribution in [2.75, 3.05) is 0 Å². The van der Waals surface area contributed by atoms with E-state index in [0.717, 1.165) is 12.0 Å². The zero-order valence-electron chi connectivity index (χ0n) is 12.6. The van der Waals surface area contributed by atoms with E-state index in [1.807, 2.05) is 30.3 Å². The van der Waals surface area contributed by atoms with Crippen LogP contribution in [0.4, 0.5) is 0 Å². The maximum absolute atomic E-state index is 12.2. The van der Waals surface area contributed by atoms with Gasteiger partial charge in [0.05, 0.1) is 12.0 Å². The van der Waals surface area contributed by atoms with Crippen LogP contribution in [0.5, 0.6) is 0 Å². The fourth-order valence-corrected chi connectivity index (χ4v) is 4.13. The molecule has 1 aliphatic heterocycles. The molecular weight excluding hydrogens is 263 g/mol. The van der Waals surface area contributed by atoms with Crippen LogP contribution in [0.15, 0.2) is 30.3 Å². The Bertz CT molecular complexity index is 504. The molecule has 2 aliphatic rings. The van der Waals surface area contributed by atoms with Crippen molar-refractivity contribution in [3.63, 3.8) is 0 Å². The summed E-state index contributed by atoms with van der Waals surface area (Å²) in [5, 5.41) is 0. The largest absolute Gasteiger partial charge is 0.461 e. The standard InChI is InChI=1S/C17H21BO3/c1-11-8-17(12(2)15(11)16(18)21-17)9-14(19)20-10-13-6-4-3-5-7-13/h3-7,11-12,15-16H,8-10H2,1-2H3/t11-,12?,15+,16-,17-/m1/s1. The van der Waals surface area contributed by atoms with Gasteiger partial charge in [-0.2, -0.15) is 0 Å². The number of benzene rings is 1. The zero-order chi connectivity index (χ0) is 15.0. The summed E-state index contributed by atoms with van der Waals surface area (Å²) in [6.07, 6.45) is 1.20. The van der Waals surface area contributed by atoms with Gasteiger partial charge in [-0.15, -0.1) is 0 Å². The minimum absolute atomic E-state index is 0.201. The van der Waals surface area contributed by atoms with Gasteiger partial charge in [-0.1, -0.05) is 44.2 Å². The first-order chi connectivity index (χ1) is 10.0. The first-order valence-corrected chi connectivity index (χ1v) is 7.65. The highest BCUT2D eigenvalue weighted by atomic mass is 16.5. The van der Waals surface area contributed by atoms with E-state index in [1.54, 1.807) is 0 Å². The summed E-state index contributed by atoms with van der Waals surface area (Å²) < 4.78 is 11.3. The molecule has 2 fully saturated rings. The third-order valence-electron chi connectivity index (χ3n) is 5.17. The molecule has 1 saturated carbocycles. The molecule has 1 aliphatic carbocycles. The average molecular weight is 284 g/mol. The van der Waals surface area contributed by atoms with Crippen LogP contribution in [-0.2, 0) is 20.9 Å². The van der Waals surface area contributed by atoms with Gasteiger partial charge in [0.25, 0.3) is 0 Å². The van der Waals surface area contributed by atoms with E-state index in [2.05, 4.69) is 13.8 Å². The molecule has 1 aromatic carbocycles. The summed E-state index contributed by atoms with van der Waals surface area (Å²) in [5.74, 6) is 0.969. The predicted molar refractivity (Wildman–Crippen MR) is 80.6 cm³/mol. The number of carbonyl (C=O) groups is 1. The number of hydrogen-bond donors (Lipinski definition) is 0. The highest BCUT2D eigenvalue weighted by Crippen LogP contribution is 2.56. The summed E-state index contributed by atoms with van der Waals surface area (Å²) in [6, 6.07) is 9.47. The maximum atomic E-state index is 12.2. The second kappa shape index (κ2) is 5.49. The molecule has 3 nitrogen and oxygen atoms in total. The molecule has 2 radical (unpaired) electrons. The molecule has 4 heteroatoms. The average Bonchev–Trinajstić information content (AvgIpc) is 2.82. The van der Waals surface area contributed by atoms with Crippen molar-refractivity contribution in [2.45, 2.75) is 44.9 Å². The Balaban J connectivity index is 1.60. The van der Waals surface area contributed by atoms with Crippen molar-refractivity contribution >= 4 is 13.8 Å². The van der Waals surface area contributed by atoms with Crippen molar-refractivity contribution in [2.24, 2.45) is 17.8 Å². The van der Waals surface area contributed by atoms with E-state index < -0.39 is 5.60 Å². The molecule has 0 aromatic heterocycles. The van der Waals surface area contributed by atoms with Gasteiger partial charge in [0.15, 0.2) is 0 Å².